The quantitative estimate of drug-likeness (QED) is 0.0289. The van der Waals surface area contributed by atoms with Gasteiger partial charge >= 0.3 is 7.82 Å². The molecule has 12 heteroatoms. The highest BCUT2D eigenvalue weighted by Crippen LogP contribution is 2.43. The smallest absolute Gasteiger partial charge is 0.359 e. The normalized spacial score (nSPS) is 14.5. The minimum Gasteiger partial charge on any atom is -0.359 e. The maximum Gasteiger partial charge on any atom is 0.472 e. The zero-order chi connectivity index (χ0) is 39.8. The summed E-state index contributed by atoms with van der Waals surface area (Å²) in [6.45, 7) is 11.4. The van der Waals surface area contributed by atoms with Crippen LogP contribution in [0.4, 0.5) is 0 Å². The monoisotopic (exact) mass is 790 g/mol. The van der Waals surface area contributed by atoms with Crippen molar-refractivity contribution in [3.63, 3.8) is 0 Å². The van der Waals surface area contributed by atoms with Gasteiger partial charge < -0.3 is 33.1 Å². The van der Waals surface area contributed by atoms with Crippen LogP contribution in [0.3, 0.4) is 0 Å². The largest absolute Gasteiger partial charge is 0.472 e. The van der Waals surface area contributed by atoms with Crippen LogP contribution in [0, 0.1) is 5.92 Å². The van der Waals surface area contributed by atoms with E-state index in [2.05, 4.69) is 50.4 Å². The van der Waals surface area contributed by atoms with E-state index in [1.165, 1.54) is 89.0 Å². The van der Waals surface area contributed by atoms with E-state index in [0.717, 1.165) is 24.8 Å². The van der Waals surface area contributed by atoms with Gasteiger partial charge in [-0.1, -0.05) is 135 Å². The van der Waals surface area contributed by atoms with Gasteiger partial charge in [0.25, 0.3) is 0 Å². The second kappa shape index (κ2) is 33.1. The van der Waals surface area contributed by atoms with Crippen LogP contribution >= 0.6 is 7.82 Å². The molecule has 1 aromatic rings. The average molecular weight is 790 g/mol. The van der Waals surface area contributed by atoms with E-state index in [9.17, 15) is 9.46 Å². The molecule has 0 bridgehead atoms. The van der Waals surface area contributed by atoms with Gasteiger partial charge in [-0.15, -0.1) is 0 Å². The van der Waals surface area contributed by atoms with E-state index in [1.54, 1.807) is 0 Å². The number of benzene rings is 1. The summed E-state index contributed by atoms with van der Waals surface area (Å²) in [7, 11) is 1.69. The van der Waals surface area contributed by atoms with Crippen molar-refractivity contribution in [3.05, 3.63) is 35.4 Å². The summed E-state index contributed by atoms with van der Waals surface area (Å²) in [6.07, 6.45) is 20.3. The van der Waals surface area contributed by atoms with Crippen molar-refractivity contribution in [3.8, 4) is 0 Å². The first-order chi connectivity index (χ1) is 25.9. The highest BCUT2D eigenvalue weighted by Gasteiger charge is 2.25. The highest BCUT2D eigenvalue weighted by atomic mass is 31.2. The summed E-state index contributed by atoms with van der Waals surface area (Å²) in [5.74, 6) is 0.633. The molecular weight excluding hydrogens is 707 g/mol. The fourth-order valence-electron chi connectivity index (χ4n) is 5.76. The topological polar surface area (TPSA) is 114 Å². The van der Waals surface area contributed by atoms with Crippen LogP contribution in [0.1, 0.15) is 141 Å². The van der Waals surface area contributed by atoms with Crippen LogP contribution in [0.15, 0.2) is 24.3 Å². The molecule has 0 heterocycles. The van der Waals surface area contributed by atoms with Gasteiger partial charge in [-0.2, -0.15) is 0 Å². The van der Waals surface area contributed by atoms with Gasteiger partial charge in [0.1, 0.15) is 32.8 Å². The highest BCUT2D eigenvalue weighted by molar-refractivity contribution is 7.47. The van der Waals surface area contributed by atoms with Gasteiger partial charge in [0.2, 0.25) is 0 Å². The minimum atomic E-state index is -4.25. The molecule has 0 aromatic heterocycles. The van der Waals surface area contributed by atoms with E-state index >= 15 is 0 Å². The Labute approximate surface area is 330 Å². The minimum absolute atomic E-state index is 0.0253. The molecule has 0 radical (unpaired) electrons. The second-order valence-corrected chi connectivity index (χ2v) is 17.5. The molecule has 0 spiro atoms. The van der Waals surface area contributed by atoms with E-state index in [1.807, 2.05) is 28.1 Å². The van der Waals surface area contributed by atoms with Crippen LogP contribution in [-0.4, -0.2) is 103 Å². The number of hydrogen-bond acceptors (Lipinski definition) is 9. The fraction of sp³-hybridized carbons (Fsp3) is 0.857. The third-order valence-electron chi connectivity index (χ3n) is 9.14. The zero-order valence-electron chi connectivity index (χ0n) is 35.5. The lowest BCUT2D eigenvalue weighted by molar-refractivity contribution is -0.870. The summed E-state index contributed by atoms with van der Waals surface area (Å²) in [5.41, 5.74) is 2.48. The van der Waals surface area contributed by atoms with E-state index < -0.39 is 13.9 Å². The fourth-order valence-corrected chi connectivity index (χ4v) is 6.50. The van der Waals surface area contributed by atoms with Gasteiger partial charge in [-0.25, -0.2) is 4.57 Å². The molecule has 0 saturated carbocycles. The Morgan fingerprint density at radius 1 is 0.685 bits per heavy atom. The molecule has 3 unspecified atom stereocenters. The summed E-state index contributed by atoms with van der Waals surface area (Å²) in [6, 6.07) is 8.61. The molecule has 54 heavy (non-hydrogen) atoms. The van der Waals surface area contributed by atoms with Crippen LogP contribution in [0.2, 0.25) is 0 Å². The molecular formula is C42H82N2O9P+. The molecule has 0 aliphatic heterocycles. The Balaban J connectivity index is 2.22. The van der Waals surface area contributed by atoms with Crippen LogP contribution < -0.4 is 5.32 Å². The van der Waals surface area contributed by atoms with Gasteiger partial charge in [-0.3, -0.25) is 14.4 Å². The van der Waals surface area contributed by atoms with Crippen molar-refractivity contribution in [1.29, 1.82) is 0 Å². The van der Waals surface area contributed by atoms with Gasteiger partial charge in [-0.05, 0) is 36.8 Å². The number of nitrogens with one attached hydrogen (secondary N) is 1. The van der Waals surface area contributed by atoms with Crippen molar-refractivity contribution in [2.24, 2.45) is 5.92 Å². The number of unbranched alkanes of at least 4 members (excludes halogenated alkanes) is 14. The zero-order valence-corrected chi connectivity index (χ0v) is 36.4. The second-order valence-electron chi connectivity index (χ2n) is 16.1. The number of quaternary nitrogens is 1. The summed E-state index contributed by atoms with van der Waals surface area (Å²) in [4.78, 5) is 10.2. The Kier molecular flexibility index (Phi) is 31.3. The molecule has 0 aliphatic carbocycles. The van der Waals surface area contributed by atoms with Crippen LogP contribution in [0.25, 0.3) is 0 Å². The van der Waals surface area contributed by atoms with E-state index in [0.29, 0.717) is 43.4 Å². The molecule has 3 atom stereocenters. The van der Waals surface area contributed by atoms with Crippen molar-refractivity contribution in [2.45, 2.75) is 143 Å². The third kappa shape index (κ3) is 32.2. The first-order valence-electron chi connectivity index (χ1n) is 21.1. The van der Waals surface area contributed by atoms with Gasteiger partial charge in [0.05, 0.1) is 53.8 Å². The number of likely N-dealkylation sites (N-methyl/N-ethyl adjacent to an activating group) is 1. The SMILES string of the molecule is CCCCCCCCCCCCCCCCCOCOCC(COP(=O)(O)OCC[N+](C)(C)C)OCOCCNCOC(C)c1ccc(CC(C)C)cc1. The van der Waals surface area contributed by atoms with Crippen LogP contribution in [0.5, 0.6) is 0 Å². The van der Waals surface area contributed by atoms with Gasteiger partial charge in [0.15, 0.2) is 0 Å². The molecule has 1 aromatic carbocycles. The van der Waals surface area contributed by atoms with Crippen molar-refractivity contribution >= 4 is 7.82 Å². The molecule has 0 saturated heterocycles. The first-order valence-corrected chi connectivity index (χ1v) is 22.6. The Hall–Kier alpha value is -0.950. The predicted octanol–water partition coefficient (Wildman–Crippen LogP) is 9.57. The number of ether oxygens (including phenoxy) is 5. The molecule has 0 fully saturated rings. The Morgan fingerprint density at radius 2 is 1.26 bits per heavy atom. The number of rotatable bonds is 39. The Morgan fingerprint density at radius 3 is 1.83 bits per heavy atom. The van der Waals surface area contributed by atoms with Gasteiger partial charge in [0, 0.05) is 13.2 Å². The summed E-state index contributed by atoms with van der Waals surface area (Å²) in [5, 5.41) is 3.22. The van der Waals surface area contributed by atoms with E-state index in [4.69, 9.17) is 32.7 Å². The average Bonchev–Trinajstić information content (AvgIpc) is 3.11. The summed E-state index contributed by atoms with van der Waals surface area (Å²) >= 11 is 0. The summed E-state index contributed by atoms with van der Waals surface area (Å²) < 4.78 is 52.1. The molecule has 0 amide bonds. The number of phosphoric acid groups is 1. The first kappa shape index (κ1) is 51.1. The maximum atomic E-state index is 12.5. The standard InChI is InChI=1S/C42H81N2O9P/c1-8-9-10-11-12-13-14-15-16-17-18-19-20-21-22-29-47-36-49-33-42(34-53-54(45,46)52-31-28-44(5,6)7)51-37-48-30-27-43-35-50-39(4)41-25-23-40(24-26-41)32-38(2)3/h23-26,38-39,42-43H,8-22,27-37H2,1-7H3/p+1. The lowest BCUT2D eigenvalue weighted by atomic mass is 10.0. The predicted molar refractivity (Wildman–Crippen MR) is 219 cm³/mol. The lowest BCUT2D eigenvalue weighted by Gasteiger charge is -2.24. The molecule has 0 aliphatic rings. The van der Waals surface area contributed by atoms with Crippen LogP contribution in [-0.2, 0) is 43.7 Å². The lowest BCUT2D eigenvalue weighted by Crippen LogP contribution is -2.37. The van der Waals surface area contributed by atoms with Crippen molar-refractivity contribution < 1.29 is 46.7 Å². The van der Waals surface area contributed by atoms with Crippen molar-refractivity contribution in [2.75, 3.05) is 87.6 Å². The maximum absolute atomic E-state index is 12.5. The van der Waals surface area contributed by atoms with Crippen molar-refractivity contribution in [1.82, 2.24) is 5.32 Å². The molecule has 318 valence electrons. The molecule has 2 N–H and O–H groups in total. The molecule has 1 rings (SSSR count). The number of phosphoric ester groups is 1. The third-order valence-corrected chi connectivity index (χ3v) is 10.1. The number of hydrogen-bond donors (Lipinski definition) is 2. The van der Waals surface area contributed by atoms with E-state index in [-0.39, 0.29) is 39.5 Å². The number of nitrogens with zero attached hydrogens (tertiary/aromatic N) is 1. The molecule has 11 nitrogen and oxygen atoms in total. The Bertz CT molecular complexity index is 1030.